The van der Waals surface area contributed by atoms with E-state index < -0.39 is 0 Å². The summed E-state index contributed by atoms with van der Waals surface area (Å²) >= 11 is 0. The maximum atomic E-state index is 12.8. The van der Waals surface area contributed by atoms with E-state index >= 15 is 0 Å². The molecule has 2 aromatic rings. The highest BCUT2D eigenvalue weighted by atomic mass is 16.5. The van der Waals surface area contributed by atoms with Crippen molar-refractivity contribution in [3.63, 3.8) is 0 Å². The number of pyridine rings is 1. The molecule has 6 heteroatoms. The van der Waals surface area contributed by atoms with E-state index in [2.05, 4.69) is 10.2 Å². The molecule has 1 N–H and O–H groups in total. The van der Waals surface area contributed by atoms with E-state index in [9.17, 15) is 9.59 Å². The molecular weight excluding hydrogens is 342 g/mol. The molecule has 0 spiro atoms. The summed E-state index contributed by atoms with van der Waals surface area (Å²) in [4.78, 5) is 27.6. The Morgan fingerprint density at radius 1 is 1.11 bits per heavy atom. The standard InChI is InChI=1S/C21H27N3O3/c1-17-7-10-24(11-8-18-5-3-2-4-6-18)21(26)19(17)20(25)22-9-12-23-13-15-27-16-14-23/h2-7,10H,8-9,11-16H2,1H3,(H,22,25). The molecule has 1 fully saturated rings. The van der Waals surface area contributed by atoms with Crippen molar-refractivity contribution in [2.45, 2.75) is 19.9 Å². The van der Waals surface area contributed by atoms with Gasteiger partial charge in [0.15, 0.2) is 0 Å². The molecule has 0 radical (unpaired) electrons. The molecule has 0 saturated carbocycles. The van der Waals surface area contributed by atoms with Crippen LogP contribution in [0.1, 0.15) is 21.5 Å². The molecule has 0 unspecified atom stereocenters. The minimum atomic E-state index is -0.292. The molecule has 27 heavy (non-hydrogen) atoms. The van der Waals surface area contributed by atoms with Crippen LogP contribution in [-0.2, 0) is 17.7 Å². The zero-order valence-electron chi connectivity index (χ0n) is 15.8. The fourth-order valence-electron chi connectivity index (χ4n) is 3.25. The average molecular weight is 369 g/mol. The molecule has 1 aromatic heterocycles. The number of nitrogens with one attached hydrogen (secondary N) is 1. The predicted molar refractivity (Wildman–Crippen MR) is 105 cm³/mol. The van der Waals surface area contributed by atoms with Crippen LogP contribution >= 0.6 is 0 Å². The van der Waals surface area contributed by atoms with E-state index in [1.165, 1.54) is 5.56 Å². The maximum absolute atomic E-state index is 12.8. The number of aryl methyl sites for hydroxylation is 3. The molecule has 1 aromatic carbocycles. The summed E-state index contributed by atoms with van der Waals surface area (Å²) in [6.45, 7) is 6.88. The van der Waals surface area contributed by atoms with Crippen molar-refractivity contribution in [2.75, 3.05) is 39.4 Å². The molecule has 144 valence electrons. The number of rotatable bonds is 7. The number of hydrogen-bond acceptors (Lipinski definition) is 4. The minimum absolute atomic E-state index is 0.227. The van der Waals surface area contributed by atoms with Gasteiger partial charge in [-0.05, 0) is 30.5 Å². The molecule has 3 rings (SSSR count). The van der Waals surface area contributed by atoms with Crippen LogP contribution in [0.3, 0.4) is 0 Å². The fourth-order valence-corrected chi connectivity index (χ4v) is 3.25. The number of ether oxygens (including phenoxy) is 1. The molecular formula is C21H27N3O3. The Balaban J connectivity index is 1.61. The first-order chi connectivity index (χ1) is 13.1. The van der Waals surface area contributed by atoms with Crippen molar-refractivity contribution < 1.29 is 9.53 Å². The van der Waals surface area contributed by atoms with E-state index in [1.54, 1.807) is 17.7 Å². The summed E-state index contributed by atoms with van der Waals surface area (Å²) in [5, 5.41) is 2.89. The first-order valence-corrected chi connectivity index (χ1v) is 9.47. The average Bonchev–Trinajstić information content (AvgIpc) is 2.69. The van der Waals surface area contributed by atoms with Crippen molar-refractivity contribution in [1.29, 1.82) is 0 Å². The highest BCUT2D eigenvalue weighted by Gasteiger charge is 2.16. The topological polar surface area (TPSA) is 63.6 Å². The van der Waals surface area contributed by atoms with Crippen LogP contribution in [0.15, 0.2) is 47.4 Å². The molecule has 6 nitrogen and oxygen atoms in total. The molecule has 1 amide bonds. The Kier molecular flexibility index (Phi) is 6.79. The van der Waals surface area contributed by atoms with Gasteiger partial charge >= 0.3 is 0 Å². The second kappa shape index (κ2) is 9.48. The number of nitrogens with zero attached hydrogens (tertiary/aromatic N) is 2. The second-order valence-electron chi connectivity index (χ2n) is 6.82. The van der Waals surface area contributed by atoms with Gasteiger partial charge in [-0.15, -0.1) is 0 Å². The zero-order chi connectivity index (χ0) is 19.1. The van der Waals surface area contributed by atoms with Gasteiger partial charge in [0.1, 0.15) is 5.56 Å². The Morgan fingerprint density at radius 3 is 2.59 bits per heavy atom. The second-order valence-corrected chi connectivity index (χ2v) is 6.82. The smallest absolute Gasteiger partial charge is 0.263 e. The monoisotopic (exact) mass is 369 g/mol. The van der Waals surface area contributed by atoms with Crippen LogP contribution in [0, 0.1) is 6.92 Å². The number of hydrogen-bond donors (Lipinski definition) is 1. The Hall–Kier alpha value is -2.44. The van der Waals surface area contributed by atoms with Gasteiger partial charge in [-0.2, -0.15) is 0 Å². The third-order valence-electron chi connectivity index (χ3n) is 4.90. The van der Waals surface area contributed by atoms with Crippen molar-refractivity contribution in [1.82, 2.24) is 14.8 Å². The van der Waals surface area contributed by atoms with Crippen molar-refractivity contribution >= 4 is 5.91 Å². The highest BCUT2D eigenvalue weighted by Crippen LogP contribution is 2.05. The zero-order valence-corrected chi connectivity index (χ0v) is 15.8. The van der Waals surface area contributed by atoms with Gasteiger partial charge in [-0.1, -0.05) is 30.3 Å². The first-order valence-electron chi connectivity index (χ1n) is 9.47. The molecule has 0 aliphatic carbocycles. The van der Waals surface area contributed by atoms with Crippen LogP contribution in [-0.4, -0.2) is 54.8 Å². The number of amides is 1. The molecule has 1 saturated heterocycles. The lowest BCUT2D eigenvalue weighted by atomic mass is 10.1. The number of morpholine rings is 1. The number of carbonyl (C=O) groups is 1. The third kappa shape index (κ3) is 5.28. The molecule has 2 heterocycles. The minimum Gasteiger partial charge on any atom is -0.379 e. The van der Waals surface area contributed by atoms with Crippen molar-refractivity contribution in [3.05, 3.63) is 69.6 Å². The number of aromatic nitrogens is 1. The van der Waals surface area contributed by atoms with Crippen LogP contribution in [0.4, 0.5) is 0 Å². The number of benzene rings is 1. The Morgan fingerprint density at radius 2 is 1.85 bits per heavy atom. The lowest BCUT2D eigenvalue weighted by Crippen LogP contribution is -2.42. The van der Waals surface area contributed by atoms with Gasteiger partial charge < -0.3 is 14.6 Å². The fraction of sp³-hybridized carbons (Fsp3) is 0.429. The largest absolute Gasteiger partial charge is 0.379 e. The molecule has 1 aliphatic rings. The maximum Gasteiger partial charge on any atom is 0.263 e. The van der Waals surface area contributed by atoms with E-state index in [1.807, 2.05) is 36.4 Å². The van der Waals surface area contributed by atoms with Crippen molar-refractivity contribution in [2.24, 2.45) is 0 Å². The molecule has 0 bridgehead atoms. The normalized spacial score (nSPS) is 14.9. The lowest BCUT2D eigenvalue weighted by molar-refractivity contribution is 0.0383. The summed E-state index contributed by atoms with van der Waals surface area (Å²) in [6, 6.07) is 11.9. The van der Waals surface area contributed by atoms with Crippen LogP contribution in [0.2, 0.25) is 0 Å². The van der Waals surface area contributed by atoms with Gasteiger partial charge in [-0.3, -0.25) is 14.5 Å². The Bertz CT molecular complexity index is 811. The summed E-state index contributed by atoms with van der Waals surface area (Å²) in [6.07, 6.45) is 2.52. The highest BCUT2D eigenvalue weighted by molar-refractivity contribution is 5.95. The van der Waals surface area contributed by atoms with Gasteiger partial charge in [0.05, 0.1) is 13.2 Å². The van der Waals surface area contributed by atoms with Crippen LogP contribution < -0.4 is 10.9 Å². The van der Waals surface area contributed by atoms with Crippen LogP contribution in [0.5, 0.6) is 0 Å². The van der Waals surface area contributed by atoms with Gasteiger partial charge in [0.25, 0.3) is 11.5 Å². The summed E-state index contributed by atoms with van der Waals surface area (Å²) in [5.41, 5.74) is 1.89. The van der Waals surface area contributed by atoms with E-state index in [4.69, 9.17) is 4.74 Å². The predicted octanol–water partition coefficient (Wildman–Crippen LogP) is 1.46. The summed E-state index contributed by atoms with van der Waals surface area (Å²) in [7, 11) is 0. The molecule has 1 aliphatic heterocycles. The SMILES string of the molecule is Cc1ccn(CCc2ccccc2)c(=O)c1C(=O)NCCN1CCOCC1. The van der Waals surface area contributed by atoms with Crippen molar-refractivity contribution in [3.8, 4) is 0 Å². The Labute approximate surface area is 159 Å². The van der Waals surface area contributed by atoms with E-state index in [-0.39, 0.29) is 17.0 Å². The summed E-state index contributed by atoms with van der Waals surface area (Å²) in [5.74, 6) is -0.292. The van der Waals surface area contributed by atoms with Gasteiger partial charge in [0.2, 0.25) is 0 Å². The third-order valence-corrected chi connectivity index (χ3v) is 4.90. The quantitative estimate of drug-likeness (QED) is 0.803. The van der Waals surface area contributed by atoms with Gasteiger partial charge in [-0.25, -0.2) is 0 Å². The van der Waals surface area contributed by atoms with Crippen LogP contribution in [0.25, 0.3) is 0 Å². The van der Waals surface area contributed by atoms with E-state index in [0.29, 0.717) is 18.7 Å². The summed E-state index contributed by atoms with van der Waals surface area (Å²) < 4.78 is 6.94. The van der Waals surface area contributed by atoms with Gasteiger partial charge in [0, 0.05) is 38.9 Å². The molecule has 0 atom stereocenters. The number of carbonyl (C=O) groups excluding carboxylic acids is 1. The lowest BCUT2D eigenvalue weighted by Gasteiger charge is -2.26. The van der Waals surface area contributed by atoms with E-state index in [0.717, 1.165) is 39.3 Å². The first kappa shape index (κ1) is 19.3.